The smallest absolute Gasteiger partial charge is 0.313 e. The van der Waals surface area contributed by atoms with Crippen molar-refractivity contribution in [3.05, 3.63) is 0 Å². The summed E-state index contributed by atoms with van der Waals surface area (Å²) in [5.74, 6) is -1.55. The minimum atomic E-state index is -0.816. The molecule has 0 aliphatic rings. The second kappa shape index (κ2) is 7.96. The Hall–Kier alpha value is -1.39. The van der Waals surface area contributed by atoms with Crippen molar-refractivity contribution >= 4 is 17.7 Å². The summed E-state index contributed by atoms with van der Waals surface area (Å²) >= 11 is 0. The maximum atomic E-state index is 10.9. The SMILES string of the molecule is CC(=O)CC(=O)OCCCCCC(=O)O. The summed E-state index contributed by atoms with van der Waals surface area (Å²) < 4.78 is 4.75. The normalized spacial score (nSPS) is 9.67. The first-order valence-electron chi connectivity index (χ1n) is 4.89. The van der Waals surface area contributed by atoms with Crippen molar-refractivity contribution in [2.45, 2.75) is 39.0 Å². The number of hydrogen-bond donors (Lipinski definition) is 1. The Morgan fingerprint density at radius 2 is 1.80 bits per heavy atom. The van der Waals surface area contributed by atoms with Gasteiger partial charge in [0.1, 0.15) is 12.2 Å². The molecule has 0 amide bonds. The highest BCUT2D eigenvalue weighted by Gasteiger charge is 2.05. The summed E-state index contributed by atoms with van der Waals surface area (Å²) in [4.78, 5) is 31.5. The van der Waals surface area contributed by atoms with E-state index in [1.807, 2.05) is 0 Å². The van der Waals surface area contributed by atoms with E-state index in [0.29, 0.717) is 19.3 Å². The van der Waals surface area contributed by atoms with E-state index < -0.39 is 11.9 Å². The van der Waals surface area contributed by atoms with Crippen LogP contribution in [0, 0.1) is 0 Å². The molecule has 0 aliphatic heterocycles. The number of hydrogen-bond acceptors (Lipinski definition) is 4. The molecule has 0 fully saturated rings. The number of carbonyl (C=O) groups is 3. The number of carbonyl (C=O) groups excluding carboxylic acids is 2. The number of carboxylic acid groups (broad SMARTS) is 1. The van der Waals surface area contributed by atoms with Gasteiger partial charge in [0.25, 0.3) is 0 Å². The monoisotopic (exact) mass is 216 g/mol. The predicted molar refractivity (Wildman–Crippen MR) is 52.4 cm³/mol. The van der Waals surface area contributed by atoms with Crippen LogP contribution >= 0.6 is 0 Å². The molecular weight excluding hydrogens is 200 g/mol. The molecule has 0 rings (SSSR count). The Labute approximate surface area is 88.4 Å². The van der Waals surface area contributed by atoms with E-state index in [1.54, 1.807) is 0 Å². The topological polar surface area (TPSA) is 80.7 Å². The Kier molecular flexibility index (Phi) is 7.23. The molecule has 0 saturated heterocycles. The molecule has 0 unspecified atom stereocenters. The minimum absolute atomic E-state index is 0.140. The summed E-state index contributed by atoms with van der Waals surface area (Å²) in [5, 5.41) is 8.33. The van der Waals surface area contributed by atoms with Gasteiger partial charge in [-0.05, 0) is 26.2 Å². The largest absolute Gasteiger partial charge is 0.481 e. The molecule has 15 heavy (non-hydrogen) atoms. The van der Waals surface area contributed by atoms with Crippen LogP contribution in [-0.4, -0.2) is 29.4 Å². The summed E-state index contributed by atoms with van der Waals surface area (Å²) in [6.07, 6.45) is 1.88. The second-order valence-corrected chi connectivity index (χ2v) is 3.30. The quantitative estimate of drug-likeness (QED) is 0.374. The average Bonchev–Trinajstić information content (AvgIpc) is 2.09. The third-order valence-corrected chi connectivity index (χ3v) is 1.69. The fourth-order valence-corrected chi connectivity index (χ4v) is 0.995. The molecule has 0 aromatic rings. The predicted octanol–water partition coefficient (Wildman–Crippen LogP) is 1.15. The standard InChI is InChI=1S/C10H16O5/c1-8(11)7-10(14)15-6-4-2-3-5-9(12)13/h2-7H2,1H3,(H,12,13). The van der Waals surface area contributed by atoms with Gasteiger partial charge in [-0.3, -0.25) is 14.4 Å². The third kappa shape index (κ3) is 10.5. The number of ether oxygens (including phenoxy) is 1. The molecular formula is C10H16O5. The van der Waals surface area contributed by atoms with Gasteiger partial charge < -0.3 is 9.84 Å². The summed E-state index contributed by atoms with van der Waals surface area (Å²) in [7, 11) is 0. The lowest BCUT2D eigenvalue weighted by atomic mass is 10.2. The number of rotatable bonds is 8. The molecule has 0 heterocycles. The maximum absolute atomic E-state index is 10.9. The zero-order chi connectivity index (χ0) is 11.7. The number of unbranched alkanes of at least 4 members (excludes halogenated alkanes) is 2. The Morgan fingerprint density at radius 1 is 1.13 bits per heavy atom. The highest BCUT2D eigenvalue weighted by molar-refractivity contribution is 5.94. The van der Waals surface area contributed by atoms with Crippen LogP contribution in [0.5, 0.6) is 0 Å². The zero-order valence-electron chi connectivity index (χ0n) is 8.82. The maximum Gasteiger partial charge on any atom is 0.313 e. The van der Waals surface area contributed by atoms with Crippen LogP contribution < -0.4 is 0 Å². The average molecular weight is 216 g/mol. The molecule has 0 saturated carbocycles. The van der Waals surface area contributed by atoms with Crippen molar-refractivity contribution in [1.29, 1.82) is 0 Å². The molecule has 0 spiro atoms. The van der Waals surface area contributed by atoms with Crippen LogP contribution in [0.15, 0.2) is 0 Å². The van der Waals surface area contributed by atoms with Gasteiger partial charge in [-0.2, -0.15) is 0 Å². The number of Topliss-reactive ketones (excluding diaryl/α,β-unsaturated/α-hetero) is 1. The fourth-order valence-electron chi connectivity index (χ4n) is 0.995. The van der Waals surface area contributed by atoms with Gasteiger partial charge in [0.15, 0.2) is 0 Å². The number of ketones is 1. The molecule has 1 N–H and O–H groups in total. The summed E-state index contributed by atoms with van der Waals surface area (Å²) in [6.45, 7) is 1.58. The van der Waals surface area contributed by atoms with Gasteiger partial charge in [-0.15, -0.1) is 0 Å². The molecule has 0 aliphatic carbocycles. The fraction of sp³-hybridized carbons (Fsp3) is 0.700. The third-order valence-electron chi connectivity index (χ3n) is 1.69. The molecule has 0 aromatic heterocycles. The van der Waals surface area contributed by atoms with E-state index >= 15 is 0 Å². The number of aliphatic carboxylic acids is 1. The molecule has 0 bridgehead atoms. The van der Waals surface area contributed by atoms with E-state index in [0.717, 1.165) is 0 Å². The highest BCUT2D eigenvalue weighted by atomic mass is 16.5. The van der Waals surface area contributed by atoms with Gasteiger partial charge in [-0.1, -0.05) is 0 Å². The Morgan fingerprint density at radius 3 is 2.33 bits per heavy atom. The lowest BCUT2D eigenvalue weighted by Crippen LogP contribution is -2.09. The molecule has 0 aromatic carbocycles. The minimum Gasteiger partial charge on any atom is -0.481 e. The number of carboxylic acids is 1. The highest BCUT2D eigenvalue weighted by Crippen LogP contribution is 2.00. The van der Waals surface area contributed by atoms with Crippen molar-refractivity contribution in [3.8, 4) is 0 Å². The van der Waals surface area contributed by atoms with Crippen LogP contribution in [0.2, 0.25) is 0 Å². The van der Waals surface area contributed by atoms with Gasteiger partial charge in [-0.25, -0.2) is 0 Å². The van der Waals surface area contributed by atoms with Crippen LogP contribution in [0.4, 0.5) is 0 Å². The first-order valence-corrected chi connectivity index (χ1v) is 4.89. The first kappa shape index (κ1) is 13.6. The van der Waals surface area contributed by atoms with Gasteiger partial charge in [0, 0.05) is 6.42 Å². The van der Waals surface area contributed by atoms with Crippen LogP contribution in [-0.2, 0) is 19.1 Å². The zero-order valence-corrected chi connectivity index (χ0v) is 8.82. The van der Waals surface area contributed by atoms with E-state index in [9.17, 15) is 14.4 Å². The molecule has 0 radical (unpaired) electrons. The van der Waals surface area contributed by atoms with E-state index in [1.165, 1.54) is 6.92 Å². The van der Waals surface area contributed by atoms with Crippen molar-refractivity contribution in [2.75, 3.05) is 6.61 Å². The van der Waals surface area contributed by atoms with Crippen molar-refractivity contribution < 1.29 is 24.2 Å². The Balaban J connectivity index is 3.27. The molecule has 5 heteroatoms. The molecule has 86 valence electrons. The van der Waals surface area contributed by atoms with E-state index in [-0.39, 0.29) is 25.2 Å². The first-order chi connectivity index (χ1) is 7.02. The lowest BCUT2D eigenvalue weighted by molar-refractivity contribution is -0.146. The molecule has 0 atom stereocenters. The van der Waals surface area contributed by atoms with Crippen molar-refractivity contribution in [3.63, 3.8) is 0 Å². The lowest BCUT2D eigenvalue weighted by Gasteiger charge is -2.02. The van der Waals surface area contributed by atoms with Gasteiger partial charge >= 0.3 is 11.9 Å². The van der Waals surface area contributed by atoms with Gasteiger partial charge in [0.05, 0.1) is 6.61 Å². The number of esters is 1. The Bertz CT molecular complexity index is 234. The van der Waals surface area contributed by atoms with Crippen LogP contribution in [0.3, 0.4) is 0 Å². The summed E-state index contributed by atoms with van der Waals surface area (Å²) in [5.41, 5.74) is 0. The molecule has 5 nitrogen and oxygen atoms in total. The van der Waals surface area contributed by atoms with Crippen molar-refractivity contribution in [1.82, 2.24) is 0 Å². The van der Waals surface area contributed by atoms with Crippen molar-refractivity contribution in [2.24, 2.45) is 0 Å². The van der Waals surface area contributed by atoms with E-state index in [2.05, 4.69) is 0 Å². The second-order valence-electron chi connectivity index (χ2n) is 3.30. The van der Waals surface area contributed by atoms with Gasteiger partial charge in [0.2, 0.25) is 0 Å². The van der Waals surface area contributed by atoms with E-state index in [4.69, 9.17) is 9.84 Å². The van der Waals surface area contributed by atoms with Crippen LogP contribution in [0.1, 0.15) is 39.0 Å². The summed E-state index contributed by atoms with van der Waals surface area (Å²) in [6, 6.07) is 0. The van der Waals surface area contributed by atoms with Crippen LogP contribution in [0.25, 0.3) is 0 Å².